The Hall–Kier alpha value is -3.29. The quantitative estimate of drug-likeness (QED) is 0.629. The Labute approximate surface area is 199 Å². The minimum absolute atomic E-state index is 0.0465. The van der Waals surface area contributed by atoms with E-state index in [1.54, 1.807) is 17.0 Å². The molecular formula is C26H31FN4O3+2. The Balaban J connectivity index is 1.62. The zero-order valence-electron chi connectivity index (χ0n) is 20.6. The SMILES string of the molecule is CC(C)C1=CC(c2ccc(F)cc2)=[N+]2C=C3C(=O)N4CCN(C(=O)OC(C)(C)C)CC4(C)[N+]3=C12. The number of hydrogen-bond acceptors (Lipinski definition) is 3. The van der Waals surface area contributed by atoms with Crippen LogP contribution < -0.4 is 0 Å². The summed E-state index contributed by atoms with van der Waals surface area (Å²) in [6.45, 7) is 13.0. The molecule has 0 N–H and O–H groups in total. The van der Waals surface area contributed by atoms with E-state index in [2.05, 4.69) is 24.5 Å². The molecule has 7 nitrogen and oxygen atoms in total. The molecule has 4 aliphatic rings. The van der Waals surface area contributed by atoms with Crippen LogP contribution in [0, 0.1) is 11.7 Å². The minimum atomic E-state index is -0.742. The molecule has 1 unspecified atom stereocenters. The lowest BCUT2D eigenvalue weighted by atomic mass is 10.00. The molecule has 5 rings (SSSR count). The summed E-state index contributed by atoms with van der Waals surface area (Å²) in [5.74, 6) is 0.785. The molecule has 4 heterocycles. The van der Waals surface area contributed by atoms with E-state index in [9.17, 15) is 14.0 Å². The highest BCUT2D eigenvalue weighted by molar-refractivity contribution is 6.17. The van der Waals surface area contributed by atoms with Gasteiger partial charge in [0.15, 0.2) is 0 Å². The van der Waals surface area contributed by atoms with Crippen LogP contribution in [0.4, 0.5) is 9.18 Å². The molecule has 2 saturated heterocycles. The van der Waals surface area contributed by atoms with Gasteiger partial charge >= 0.3 is 23.5 Å². The number of benzene rings is 1. The molecule has 0 aliphatic carbocycles. The van der Waals surface area contributed by atoms with Crippen molar-refractivity contribution in [2.45, 2.75) is 52.8 Å². The van der Waals surface area contributed by atoms with Crippen molar-refractivity contribution in [3.8, 4) is 0 Å². The Morgan fingerprint density at radius 2 is 1.85 bits per heavy atom. The van der Waals surface area contributed by atoms with Crippen LogP contribution in [0.3, 0.4) is 0 Å². The number of nitrogens with zero attached hydrogens (tertiary/aromatic N) is 4. The molecule has 4 aliphatic heterocycles. The first kappa shape index (κ1) is 22.5. The van der Waals surface area contributed by atoms with Gasteiger partial charge in [-0.3, -0.25) is 14.6 Å². The second kappa shape index (κ2) is 7.35. The van der Waals surface area contributed by atoms with Crippen molar-refractivity contribution >= 4 is 23.5 Å². The van der Waals surface area contributed by atoms with Crippen LogP contribution in [0.15, 0.2) is 47.8 Å². The first-order valence-electron chi connectivity index (χ1n) is 11.7. The van der Waals surface area contributed by atoms with E-state index in [4.69, 9.17) is 4.74 Å². The standard InChI is InChI=1S/C26H31FN4O3/c1-16(2)19-13-20(17-7-9-18(27)10-8-17)29-14-21-23(32)30-12-11-28(24(33)34-25(3,4)5)15-26(30,6)31(21)22(19)29/h7-10,13-14,16H,11-12,15H2,1-6H3/q+2. The summed E-state index contributed by atoms with van der Waals surface area (Å²) in [5.41, 5.74) is 2.13. The fraction of sp³-hybridized carbons (Fsp3) is 0.462. The first-order valence-corrected chi connectivity index (χ1v) is 11.7. The van der Waals surface area contributed by atoms with Crippen LogP contribution in [-0.4, -0.2) is 73.4 Å². The number of rotatable bonds is 2. The molecule has 2 amide bonds. The van der Waals surface area contributed by atoms with E-state index in [-0.39, 0.29) is 23.7 Å². The summed E-state index contributed by atoms with van der Waals surface area (Å²) >= 11 is 0. The van der Waals surface area contributed by atoms with Gasteiger partial charge < -0.3 is 4.74 Å². The molecule has 178 valence electrons. The smallest absolute Gasteiger partial charge is 0.444 e. The van der Waals surface area contributed by atoms with E-state index in [1.165, 1.54) is 12.1 Å². The fourth-order valence-electron chi connectivity index (χ4n) is 5.22. The highest BCUT2D eigenvalue weighted by Gasteiger charge is 2.68. The number of amides is 2. The number of fused-ring (bicyclic) bond motifs is 4. The number of hydrogen-bond donors (Lipinski definition) is 0. The maximum absolute atomic E-state index is 13.6. The van der Waals surface area contributed by atoms with Crippen LogP contribution in [0.5, 0.6) is 0 Å². The molecule has 0 spiro atoms. The third-order valence-corrected chi connectivity index (χ3v) is 6.77. The van der Waals surface area contributed by atoms with Gasteiger partial charge in [0.05, 0.1) is 0 Å². The zero-order chi connectivity index (χ0) is 24.6. The van der Waals surface area contributed by atoms with E-state index < -0.39 is 11.3 Å². The summed E-state index contributed by atoms with van der Waals surface area (Å²) < 4.78 is 23.3. The van der Waals surface area contributed by atoms with E-state index in [0.29, 0.717) is 25.3 Å². The summed E-state index contributed by atoms with van der Waals surface area (Å²) in [5, 5.41) is 0. The molecule has 1 atom stereocenters. The van der Waals surface area contributed by atoms with Gasteiger partial charge in [0, 0.05) is 31.7 Å². The van der Waals surface area contributed by atoms with Gasteiger partial charge in [0.1, 0.15) is 23.5 Å². The van der Waals surface area contributed by atoms with Crippen LogP contribution in [0.25, 0.3) is 0 Å². The number of piperazine rings is 1. The van der Waals surface area contributed by atoms with E-state index in [0.717, 1.165) is 22.7 Å². The number of allylic oxidation sites excluding steroid dienone is 1. The molecule has 2 fully saturated rings. The highest BCUT2D eigenvalue weighted by atomic mass is 19.1. The lowest BCUT2D eigenvalue weighted by Crippen LogP contribution is -2.64. The van der Waals surface area contributed by atoms with Crippen molar-refractivity contribution in [3.05, 3.63) is 59.2 Å². The largest absolute Gasteiger partial charge is 0.456 e. The molecule has 0 saturated carbocycles. The van der Waals surface area contributed by atoms with Gasteiger partial charge in [-0.25, -0.2) is 9.18 Å². The summed E-state index contributed by atoms with van der Waals surface area (Å²) in [6.07, 6.45) is 3.62. The molecular weight excluding hydrogens is 435 g/mol. The van der Waals surface area contributed by atoms with Crippen molar-refractivity contribution in [2.24, 2.45) is 5.92 Å². The first-order chi connectivity index (χ1) is 15.9. The van der Waals surface area contributed by atoms with E-state index >= 15 is 0 Å². The monoisotopic (exact) mass is 466 g/mol. The summed E-state index contributed by atoms with van der Waals surface area (Å²) in [4.78, 5) is 29.9. The van der Waals surface area contributed by atoms with Gasteiger partial charge in [-0.15, -0.1) is 0 Å². The second-order valence-corrected chi connectivity index (χ2v) is 10.8. The minimum Gasteiger partial charge on any atom is -0.444 e. The Bertz CT molecular complexity index is 1230. The van der Waals surface area contributed by atoms with Crippen molar-refractivity contribution in [2.75, 3.05) is 19.6 Å². The number of ether oxygens (including phenoxy) is 1. The predicted octanol–water partition coefficient (Wildman–Crippen LogP) is 3.30. The third kappa shape index (κ3) is 3.30. The molecule has 1 aromatic rings. The Morgan fingerprint density at radius 3 is 2.47 bits per heavy atom. The molecule has 0 radical (unpaired) electrons. The Morgan fingerprint density at radius 1 is 1.18 bits per heavy atom. The van der Waals surface area contributed by atoms with Crippen LogP contribution >= 0.6 is 0 Å². The summed E-state index contributed by atoms with van der Waals surface area (Å²) in [6, 6.07) is 6.40. The average molecular weight is 467 g/mol. The third-order valence-electron chi connectivity index (χ3n) is 6.77. The number of carbonyl (C=O) groups is 2. The van der Waals surface area contributed by atoms with Gasteiger partial charge in [-0.2, -0.15) is 0 Å². The molecule has 0 aromatic heterocycles. The van der Waals surface area contributed by atoms with Gasteiger partial charge in [0.25, 0.3) is 11.9 Å². The predicted molar refractivity (Wildman–Crippen MR) is 125 cm³/mol. The molecule has 34 heavy (non-hydrogen) atoms. The topological polar surface area (TPSA) is 55.9 Å². The van der Waals surface area contributed by atoms with Gasteiger partial charge in [0.2, 0.25) is 5.71 Å². The number of amidine groups is 1. The van der Waals surface area contributed by atoms with Gasteiger partial charge in [-0.1, -0.05) is 23.0 Å². The molecule has 0 bridgehead atoms. The van der Waals surface area contributed by atoms with Crippen molar-refractivity contribution < 1.29 is 27.9 Å². The number of halogens is 1. The van der Waals surface area contributed by atoms with Crippen LogP contribution in [0.1, 0.15) is 47.1 Å². The van der Waals surface area contributed by atoms with Crippen LogP contribution in [0.2, 0.25) is 0 Å². The van der Waals surface area contributed by atoms with Crippen molar-refractivity contribution in [1.29, 1.82) is 0 Å². The highest BCUT2D eigenvalue weighted by Crippen LogP contribution is 2.39. The second-order valence-electron chi connectivity index (χ2n) is 10.8. The van der Waals surface area contributed by atoms with Crippen molar-refractivity contribution in [3.63, 3.8) is 0 Å². The zero-order valence-corrected chi connectivity index (χ0v) is 20.6. The fourth-order valence-corrected chi connectivity index (χ4v) is 5.22. The lowest BCUT2D eigenvalue weighted by Gasteiger charge is -2.40. The summed E-state index contributed by atoms with van der Waals surface area (Å²) in [7, 11) is 0. The maximum atomic E-state index is 13.6. The van der Waals surface area contributed by atoms with Crippen LogP contribution in [-0.2, 0) is 9.53 Å². The van der Waals surface area contributed by atoms with Gasteiger partial charge in [-0.05, 0) is 51.0 Å². The van der Waals surface area contributed by atoms with E-state index in [1.807, 2.05) is 43.4 Å². The Kier molecular flexibility index (Phi) is 4.87. The lowest BCUT2D eigenvalue weighted by molar-refractivity contribution is -0.580. The number of carbonyl (C=O) groups excluding carboxylic acids is 2. The van der Waals surface area contributed by atoms with Crippen molar-refractivity contribution in [1.82, 2.24) is 9.80 Å². The normalized spacial score (nSPS) is 23.9. The average Bonchev–Trinajstić information content (AvgIpc) is 3.35. The molecule has 8 heteroatoms. The maximum Gasteiger partial charge on any atom is 0.456 e. The molecule has 1 aromatic carbocycles.